The largest absolute Gasteiger partial charge is 0.458 e. The van der Waals surface area contributed by atoms with Crippen molar-refractivity contribution in [3.63, 3.8) is 0 Å². The lowest BCUT2D eigenvalue weighted by Crippen LogP contribution is -2.42. The fourth-order valence-electron chi connectivity index (χ4n) is 3.89. The van der Waals surface area contributed by atoms with Gasteiger partial charge in [-0.1, -0.05) is 6.07 Å². The quantitative estimate of drug-likeness (QED) is 0.878. The highest BCUT2D eigenvalue weighted by atomic mass is 32.1. The van der Waals surface area contributed by atoms with Gasteiger partial charge in [-0.25, -0.2) is 0 Å². The number of nitrogens with one attached hydrogen (secondary N) is 1. The maximum absolute atomic E-state index is 12.6. The summed E-state index contributed by atoms with van der Waals surface area (Å²) >= 11 is 1.71. The zero-order valence-electron chi connectivity index (χ0n) is 12.8. The second-order valence-corrected chi connectivity index (χ2v) is 7.46. The molecule has 1 aromatic carbocycles. The standard InChI is InChI=1S/C18H19NO3S/c20-16-10-14(18(22-16)6-1-2-7-18)17(21)19-11-12-3-4-15-13(9-12)5-8-23-15/h3-5,8-9,14H,1-2,6-7,10-11H2,(H,19,21). The van der Waals surface area contributed by atoms with Crippen LogP contribution in [-0.2, 0) is 20.9 Å². The van der Waals surface area contributed by atoms with Gasteiger partial charge in [-0.05, 0) is 60.2 Å². The summed E-state index contributed by atoms with van der Waals surface area (Å²) in [7, 11) is 0. The lowest BCUT2D eigenvalue weighted by Gasteiger charge is -2.27. The number of fused-ring (bicyclic) bond motifs is 1. The van der Waals surface area contributed by atoms with Crippen LogP contribution in [0.25, 0.3) is 10.1 Å². The zero-order chi connectivity index (χ0) is 15.9. The first-order valence-corrected chi connectivity index (χ1v) is 9.00. The van der Waals surface area contributed by atoms with Crippen LogP contribution in [0.5, 0.6) is 0 Å². The van der Waals surface area contributed by atoms with E-state index < -0.39 is 5.60 Å². The molecule has 4 nitrogen and oxygen atoms in total. The summed E-state index contributed by atoms with van der Waals surface area (Å²) in [6.07, 6.45) is 3.92. The second kappa shape index (κ2) is 5.64. The Balaban J connectivity index is 1.45. The fourth-order valence-corrected chi connectivity index (χ4v) is 4.66. The van der Waals surface area contributed by atoms with Gasteiger partial charge in [0.25, 0.3) is 0 Å². The number of carbonyl (C=O) groups is 2. The maximum atomic E-state index is 12.6. The molecule has 1 saturated heterocycles. The van der Waals surface area contributed by atoms with Crippen LogP contribution in [0.4, 0.5) is 0 Å². The molecule has 5 heteroatoms. The Kier molecular flexibility index (Phi) is 3.60. The Hall–Kier alpha value is -1.88. The molecule has 23 heavy (non-hydrogen) atoms. The molecule has 2 aliphatic rings. The maximum Gasteiger partial charge on any atom is 0.307 e. The molecule has 1 saturated carbocycles. The molecule has 1 atom stereocenters. The lowest BCUT2D eigenvalue weighted by molar-refractivity contribution is -0.149. The van der Waals surface area contributed by atoms with Crippen LogP contribution in [0.2, 0.25) is 0 Å². The minimum absolute atomic E-state index is 0.0526. The van der Waals surface area contributed by atoms with E-state index in [1.165, 1.54) is 10.1 Å². The Morgan fingerprint density at radius 3 is 2.96 bits per heavy atom. The highest BCUT2D eigenvalue weighted by Gasteiger charge is 2.53. The van der Waals surface area contributed by atoms with Crippen molar-refractivity contribution < 1.29 is 14.3 Å². The molecule has 2 heterocycles. The highest BCUT2D eigenvalue weighted by Crippen LogP contribution is 2.45. The third-order valence-corrected chi connectivity index (χ3v) is 5.97. The normalized spacial score (nSPS) is 22.6. The van der Waals surface area contributed by atoms with Gasteiger partial charge in [-0.15, -0.1) is 11.3 Å². The Labute approximate surface area is 138 Å². The van der Waals surface area contributed by atoms with Crippen molar-refractivity contribution in [3.05, 3.63) is 35.2 Å². The van der Waals surface area contributed by atoms with Crippen molar-refractivity contribution in [1.82, 2.24) is 5.32 Å². The first kappa shape index (κ1) is 14.7. The van der Waals surface area contributed by atoms with Crippen LogP contribution < -0.4 is 5.32 Å². The van der Waals surface area contributed by atoms with Crippen molar-refractivity contribution >= 4 is 33.3 Å². The highest BCUT2D eigenvalue weighted by molar-refractivity contribution is 7.17. The van der Waals surface area contributed by atoms with Gasteiger partial charge in [-0.3, -0.25) is 9.59 Å². The molecular weight excluding hydrogens is 310 g/mol. The molecule has 120 valence electrons. The van der Waals surface area contributed by atoms with E-state index in [4.69, 9.17) is 4.74 Å². The van der Waals surface area contributed by atoms with E-state index in [1.807, 2.05) is 6.07 Å². The molecule has 4 rings (SSSR count). The van der Waals surface area contributed by atoms with Crippen molar-refractivity contribution in [2.75, 3.05) is 0 Å². The van der Waals surface area contributed by atoms with Gasteiger partial charge in [0.15, 0.2) is 0 Å². The number of rotatable bonds is 3. The monoisotopic (exact) mass is 329 g/mol. The first-order chi connectivity index (χ1) is 11.2. The van der Waals surface area contributed by atoms with Gasteiger partial charge in [0, 0.05) is 11.2 Å². The number of hydrogen-bond donors (Lipinski definition) is 1. The molecule has 1 N–H and O–H groups in total. The summed E-state index contributed by atoms with van der Waals surface area (Å²) in [6, 6.07) is 8.32. The van der Waals surface area contributed by atoms with E-state index in [-0.39, 0.29) is 24.2 Å². The molecule has 0 bridgehead atoms. The molecule has 0 radical (unpaired) electrons. The molecule has 1 spiro atoms. The van der Waals surface area contributed by atoms with Crippen molar-refractivity contribution in [2.24, 2.45) is 5.92 Å². The molecule has 1 aromatic heterocycles. The van der Waals surface area contributed by atoms with Gasteiger partial charge in [-0.2, -0.15) is 0 Å². The van der Waals surface area contributed by atoms with Crippen molar-refractivity contribution in [3.8, 4) is 0 Å². The number of hydrogen-bond acceptors (Lipinski definition) is 4. The second-order valence-electron chi connectivity index (χ2n) is 6.51. The average Bonchev–Trinajstić information content (AvgIpc) is 3.25. The molecule has 1 aliphatic heterocycles. The number of amides is 1. The summed E-state index contributed by atoms with van der Waals surface area (Å²) in [6.45, 7) is 0.491. The lowest BCUT2D eigenvalue weighted by atomic mass is 9.85. The van der Waals surface area contributed by atoms with Crippen LogP contribution >= 0.6 is 11.3 Å². The number of carbonyl (C=O) groups excluding carboxylic acids is 2. The van der Waals surface area contributed by atoms with Gasteiger partial charge in [0.05, 0.1) is 12.3 Å². The summed E-state index contributed by atoms with van der Waals surface area (Å²) in [5.74, 6) is -0.614. The molecule has 1 amide bonds. The number of ether oxygens (including phenoxy) is 1. The van der Waals surface area contributed by atoms with E-state index >= 15 is 0 Å². The van der Waals surface area contributed by atoms with Crippen LogP contribution in [0.15, 0.2) is 29.6 Å². The van der Waals surface area contributed by atoms with E-state index in [0.29, 0.717) is 6.54 Å². The van der Waals surface area contributed by atoms with Crippen LogP contribution in [0.3, 0.4) is 0 Å². The summed E-state index contributed by atoms with van der Waals surface area (Å²) < 4.78 is 6.79. The smallest absolute Gasteiger partial charge is 0.307 e. The van der Waals surface area contributed by atoms with Crippen LogP contribution in [-0.4, -0.2) is 17.5 Å². The SMILES string of the molecule is O=C1CC(C(=O)NCc2ccc3sccc3c2)C2(CCCC2)O1. The minimum atomic E-state index is -0.529. The molecule has 2 fully saturated rings. The molecule has 1 aliphatic carbocycles. The third-order valence-electron chi connectivity index (χ3n) is 5.07. The van der Waals surface area contributed by atoms with Crippen molar-refractivity contribution in [2.45, 2.75) is 44.2 Å². The topological polar surface area (TPSA) is 55.4 Å². The zero-order valence-corrected chi connectivity index (χ0v) is 13.7. The van der Waals surface area contributed by atoms with E-state index in [1.54, 1.807) is 11.3 Å². The predicted molar refractivity (Wildman–Crippen MR) is 89.1 cm³/mol. The van der Waals surface area contributed by atoms with Gasteiger partial charge in [0.1, 0.15) is 5.60 Å². The van der Waals surface area contributed by atoms with Gasteiger partial charge in [0.2, 0.25) is 5.91 Å². The van der Waals surface area contributed by atoms with Crippen LogP contribution in [0, 0.1) is 5.92 Å². The average molecular weight is 329 g/mol. The summed E-state index contributed by atoms with van der Waals surface area (Å²) in [5, 5.41) is 6.27. The number of thiophene rings is 1. The Morgan fingerprint density at radius 2 is 2.13 bits per heavy atom. The molecule has 1 unspecified atom stereocenters. The predicted octanol–water partition coefficient (Wildman–Crippen LogP) is 3.39. The Morgan fingerprint density at radius 1 is 1.30 bits per heavy atom. The molecular formula is C18H19NO3S. The molecule has 2 aromatic rings. The van der Waals surface area contributed by atoms with Crippen LogP contribution in [0.1, 0.15) is 37.7 Å². The van der Waals surface area contributed by atoms with E-state index in [0.717, 1.165) is 31.2 Å². The van der Waals surface area contributed by atoms with Gasteiger partial charge < -0.3 is 10.1 Å². The summed E-state index contributed by atoms with van der Waals surface area (Å²) in [5.41, 5.74) is 0.549. The van der Waals surface area contributed by atoms with E-state index in [9.17, 15) is 9.59 Å². The first-order valence-electron chi connectivity index (χ1n) is 8.12. The number of esters is 1. The third kappa shape index (κ3) is 2.63. The number of benzene rings is 1. The minimum Gasteiger partial charge on any atom is -0.458 e. The Bertz CT molecular complexity index is 760. The fraction of sp³-hybridized carbons (Fsp3) is 0.444. The van der Waals surface area contributed by atoms with Crippen molar-refractivity contribution in [1.29, 1.82) is 0 Å². The van der Waals surface area contributed by atoms with Gasteiger partial charge >= 0.3 is 5.97 Å². The summed E-state index contributed by atoms with van der Waals surface area (Å²) in [4.78, 5) is 24.3. The van der Waals surface area contributed by atoms with E-state index in [2.05, 4.69) is 28.9 Å².